The lowest BCUT2D eigenvalue weighted by molar-refractivity contribution is -0.118. The van der Waals surface area contributed by atoms with E-state index in [1.165, 1.54) is 21.6 Å². The lowest BCUT2D eigenvalue weighted by Crippen LogP contribution is -2.49. The summed E-state index contributed by atoms with van der Waals surface area (Å²) in [7, 11) is 0. The number of hydrogen-bond donors (Lipinski definition) is 3. The number of nitrogens with two attached hydrogens (primary N) is 1. The Labute approximate surface area is 205 Å². The molecule has 1 aromatic carbocycles. The van der Waals surface area contributed by atoms with Crippen LogP contribution in [0.5, 0.6) is 0 Å². The third-order valence-corrected chi connectivity index (χ3v) is 6.68. The number of halogens is 1. The van der Waals surface area contributed by atoms with E-state index in [1.54, 1.807) is 12.1 Å². The number of H-pyrrole nitrogens is 1. The molecule has 4 N–H and O–H groups in total. The molecule has 1 atom stereocenters. The lowest BCUT2D eigenvalue weighted by Gasteiger charge is -2.34. The minimum absolute atomic E-state index is 0.0263. The largest absolute Gasteiger partial charge is 0.383 e. The van der Waals surface area contributed by atoms with Gasteiger partial charge in [-0.2, -0.15) is 0 Å². The molecule has 0 aliphatic heterocycles. The van der Waals surface area contributed by atoms with Crippen molar-refractivity contribution < 1.29 is 9.18 Å². The van der Waals surface area contributed by atoms with Crippen molar-refractivity contribution in [2.45, 2.75) is 84.8 Å². The molecule has 0 bridgehead atoms. The van der Waals surface area contributed by atoms with Crippen molar-refractivity contribution in [2.75, 3.05) is 17.2 Å². The molecule has 1 aliphatic rings. The molecule has 2 aromatic rings. The van der Waals surface area contributed by atoms with Gasteiger partial charge in [0.2, 0.25) is 5.91 Å². The number of unbranched alkanes of at least 4 members (excludes halogenated alkanes) is 1. The number of aromatic amines is 1. The zero-order valence-corrected chi connectivity index (χ0v) is 21.2. The number of benzene rings is 1. The van der Waals surface area contributed by atoms with Crippen LogP contribution in [0.25, 0.3) is 0 Å². The molecule has 3 rings (SSSR count). The van der Waals surface area contributed by atoms with E-state index in [1.807, 2.05) is 27.7 Å². The Morgan fingerprint density at radius 3 is 2.43 bits per heavy atom. The summed E-state index contributed by atoms with van der Waals surface area (Å²) in [4.78, 5) is 42.9. The van der Waals surface area contributed by atoms with Crippen LogP contribution >= 0.6 is 0 Å². The Morgan fingerprint density at radius 2 is 1.86 bits per heavy atom. The molecule has 192 valence electrons. The first kappa shape index (κ1) is 26.7. The minimum atomic E-state index is -0.647. The number of nitrogens with zero attached hydrogens (tertiary/aromatic N) is 2. The molecule has 35 heavy (non-hydrogen) atoms. The van der Waals surface area contributed by atoms with E-state index in [2.05, 4.69) is 10.3 Å². The number of nitrogen functional groups attached to an aromatic ring is 1. The predicted molar refractivity (Wildman–Crippen MR) is 137 cm³/mol. The summed E-state index contributed by atoms with van der Waals surface area (Å²) in [6.45, 7) is 8.45. The Bertz CT molecular complexity index is 1130. The number of hydrogen-bond acceptors (Lipinski definition) is 5. The summed E-state index contributed by atoms with van der Waals surface area (Å²) in [6.07, 6.45) is 5.01. The Balaban J connectivity index is 1.95. The SMILES string of the molecule is CCCCn1c(N)c(N(C(=O)CNC(c2ccc(F)cc2)C(C)(C)C)C2CCCC2)c(=O)[nH]c1=O. The maximum absolute atomic E-state index is 13.7. The van der Waals surface area contributed by atoms with E-state index in [0.717, 1.165) is 44.1 Å². The van der Waals surface area contributed by atoms with Crippen molar-refractivity contribution >= 4 is 17.4 Å². The third kappa shape index (κ3) is 6.20. The minimum Gasteiger partial charge on any atom is -0.383 e. The predicted octanol–water partition coefficient (Wildman–Crippen LogP) is 3.71. The molecule has 1 fully saturated rings. The molecule has 1 heterocycles. The fourth-order valence-corrected chi connectivity index (χ4v) is 4.88. The number of rotatable bonds is 9. The van der Waals surface area contributed by atoms with Crippen LogP contribution in [0.4, 0.5) is 15.9 Å². The number of nitrogens with one attached hydrogen (secondary N) is 2. The maximum Gasteiger partial charge on any atom is 0.330 e. The highest BCUT2D eigenvalue weighted by Gasteiger charge is 2.34. The summed E-state index contributed by atoms with van der Waals surface area (Å²) in [5.41, 5.74) is 5.80. The highest BCUT2D eigenvalue weighted by molar-refractivity contribution is 5.97. The molecule has 9 heteroatoms. The Kier molecular flexibility index (Phi) is 8.53. The second kappa shape index (κ2) is 11.2. The topological polar surface area (TPSA) is 113 Å². The molecule has 1 aromatic heterocycles. The fourth-order valence-electron chi connectivity index (χ4n) is 4.88. The van der Waals surface area contributed by atoms with Crippen molar-refractivity contribution in [3.63, 3.8) is 0 Å². The highest BCUT2D eigenvalue weighted by atomic mass is 19.1. The summed E-state index contributed by atoms with van der Waals surface area (Å²) < 4.78 is 14.8. The van der Waals surface area contributed by atoms with Gasteiger partial charge in [0, 0.05) is 18.6 Å². The number of amides is 1. The first-order valence-corrected chi connectivity index (χ1v) is 12.5. The average molecular weight is 488 g/mol. The molecule has 0 saturated heterocycles. The second-order valence-electron chi connectivity index (χ2n) is 10.4. The summed E-state index contributed by atoms with van der Waals surface area (Å²) in [5, 5.41) is 3.33. The van der Waals surface area contributed by atoms with Crippen molar-refractivity contribution in [2.24, 2.45) is 5.41 Å². The van der Waals surface area contributed by atoms with Crippen LogP contribution in [0.15, 0.2) is 33.9 Å². The molecule has 1 saturated carbocycles. The zero-order valence-electron chi connectivity index (χ0n) is 21.2. The van der Waals surface area contributed by atoms with Crippen molar-refractivity contribution in [3.05, 3.63) is 56.5 Å². The van der Waals surface area contributed by atoms with Crippen LogP contribution in [0, 0.1) is 11.2 Å². The summed E-state index contributed by atoms with van der Waals surface area (Å²) >= 11 is 0. The van der Waals surface area contributed by atoms with E-state index in [9.17, 15) is 18.8 Å². The van der Waals surface area contributed by atoms with Gasteiger partial charge in [0.05, 0.1) is 6.54 Å². The van der Waals surface area contributed by atoms with Crippen LogP contribution < -0.4 is 27.2 Å². The van der Waals surface area contributed by atoms with Crippen LogP contribution in [-0.4, -0.2) is 28.0 Å². The monoisotopic (exact) mass is 487 g/mol. The van der Waals surface area contributed by atoms with Gasteiger partial charge in [-0.25, -0.2) is 9.18 Å². The Hall–Kier alpha value is -2.94. The molecule has 8 nitrogen and oxygen atoms in total. The highest BCUT2D eigenvalue weighted by Crippen LogP contribution is 2.33. The third-order valence-electron chi connectivity index (χ3n) is 6.68. The van der Waals surface area contributed by atoms with E-state index in [4.69, 9.17) is 5.73 Å². The second-order valence-corrected chi connectivity index (χ2v) is 10.4. The first-order chi connectivity index (χ1) is 16.5. The molecule has 1 aliphatic carbocycles. The van der Waals surface area contributed by atoms with Gasteiger partial charge in [0.1, 0.15) is 11.6 Å². The first-order valence-electron chi connectivity index (χ1n) is 12.5. The average Bonchev–Trinajstić information content (AvgIpc) is 3.31. The van der Waals surface area contributed by atoms with Gasteiger partial charge in [-0.05, 0) is 42.4 Å². The summed E-state index contributed by atoms with van der Waals surface area (Å²) in [5.74, 6) is -0.581. The normalized spacial score (nSPS) is 15.3. The molecule has 1 unspecified atom stereocenters. The van der Waals surface area contributed by atoms with Crippen molar-refractivity contribution in [1.29, 1.82) is 0 Å². The molecular formula is C26H38FN5O3. The van der Waals surface area contributed by atoms with Gasteiger partial charge in [-0.15, -0.1) is 0 Å². The van der Waals surface area contributed by atoms with Crippen molar-refractivity contribution in [3.8, 4) is 0 Å². The standard InChI is InChI=1S/C26H38FN5O3/c1-5-6-15-31-23(28)21(24(34)30-25(31)35)32(19-9-7-8-10-19)20(33)16-29-22(26(2,3)4)17-11-13-18(27)14-12-17/h11-14,19,22,29H,5-10,15-16,28H2,1-4H3,(H,30,34,35). The van der Waals surface area contributed by atoms with Gasteiger partial charge in [0.15, 0.2) is 5.69 Å². The quantitative estimate of drug-likeness (QED) is 0.499. The molecular weight excluding hydrogens is 449 g/mol. The number of carbonyl (C=O) groups excluding carboxylic acids is 1. The molecule has 0 spiro atoms. The molecule has 1 amide bonds. The van der Waals surface area contributed by atoms with Crippen LogP contribution in [0.2, 0.25) is 0 Å². The van der Waals surface area contributed by atoms with Gasteiger partial charge in [-0.3, -0.25) is 19.1 Å². The lowest BCUT2D eigenvalue weighted by atomic mass is 9.82. The van der Waals surface area contributed by atoms with E-state index < -0.39 is 11.2 Å². The van der Waals surface area contributed by atoms with E-state index >= 15 is 0 Å². The smallest absolute Gasteiger partial charge is 0.330 e. The molecule has 0 radical (unpaired) electrons. The Morgan fingerprint density at radius 1 is 1.23 bits per heavy atom. The van der Waals surface area contributed by atoms with E-state index in [0.29, 0.717) is 6.54 Å². The van der Waals surface area contributed by atoms with Gasteiger partial charge in [-0.1, -0.05) is 59.1 Å². The fraction of sp³-hybridized carbons (Fsp3) is 0.577. The number of anilines is 2. The number of carbonyl (C=O) groups is 1. The van der Waals surface area contributed by atoms with Gasteiger partial charge in [0.25, 0.3) is 5.56 Å². The van der Waals surface area contributed by atoms with Crippen LogP contribution in [0.1, 0.15) is 77.8 Å². The van der Waals surface area contributed by atoms with Crippen LogP contribution in [0.3, 0.4) is 0 Å². The summed E-state index contributed by atoms with van der Waals surface area (Å²) in [6, 6.07) is 5.84. The van der Waals surface area contributed by atoms with E-state index in [-0.39, 0.29) is 47.3 Å². The zero-order chi connectivity index (χ0) is 25.8. The van der Waals surface area contributed by atoms with Gasteiger partial charge < -0.3 is 16.0 Å². The number of aromatic nitrogens is 2. The van der Waals surface area contributed by atoms with Gasteiger partial charge >= 0.3 is 5.69 Å². The van der Waals surface area contributed by atoms with Crippen LogP contribution in [-0.2, 0) is 11.3 Å². The maximum atomic E-state index is 13.7. The van der Waals surface area contributed by atoms with Crippen molar-refractivity contribution in [1.82, 2.24) is 14.9 Å².